The van der Waals surface area contributed by atoms with E-state index in [1.165, 1.54) is 31.3 Å². The Morgan fingerprint density at radius 3 is 1.91 bits per heavy atom. The summed E-state index contributed by atoms with van der Waals surface area (Å²) in [5.41, 5.74) is -3.20. The van der Waals surface area contributed by atoms with Crippen LogP contribution in [0.4, 0.5) is 18.9 Å². The second kappa shape index (κ2) is 11.8. The van der Waals surface area contributed by atoms with E-state index in [1.54, 1.807) is 6.92 Å². The van der Waals surface area contributed by atoms with Gasteiger partial charge >= 0.3 is 12.1 Å². The average molecular weight is 637 g/mol. The summed E-state index contributed by atoms with van der Waals surface area (Å²) in [5.74, 6) is -3.64. The van der Waals surface area contributed by atoms with Crippen molar-refractivity contribution in [1.29, 1.82) is 0 Å². The van der Waals surface area contributed by atoms with E-state index in [2.05, 4.69) is 0 Å². The Morgan fingerprint density at radius 1 is 0.783 bits per heavy atom. The number of rotatable bonds is 9. The van der Waals surface area contributed by atoms with Crippen LogP contribution in [0.3, 0.4) is 0 Å². The van der Waals surface area contributed by atoms with Gasteiger partial charge in [-0.2, -0.15) is 13.2 Å². The van der Waals surface area contributed by atoms with Crippen LogP contribution in [0.1, 0.15) is 95.7 Å². The Morgan fingerprint density at radius 2 is 1.33 bits per heavy atom. The molecule has 46 heavy (non-hydrogen) atoms. The van der Waals surface area contributed by atoms with Crippen molar-refractivity contribution in [3.63, 3.8) is 0 Å². The standard InChI is InChI=1S/C34H31F3N2O7/c1-18(2)45-11-6-12-46-32(44)20-13-19(3)14-23(15-20)39-30(42)25-10-8-22(17-27(25)31(39)43)33(4,34(35,36)37)21-7-9-24-26(16-21)29(41)38(5)28(24)40/h7-10,13-18H,6,11-12H2,1-5H3. The second-order valence-corrected chi connectivity index (χ2v) is 11.7. The summed E-state index contributed by atoms with van der Waals surface area (Å²) in [5, 5.41) is 0. The lowest BCUT2D eigenvalue weighted by Gasteiger charge is -2.33. The quantitative estimate of drug-likeness (QED) is 0.164. The number of benzene rings is 3. The molecule has 0 saturated carbocycles. The van der Waals surface area contributed by atoms with Crippen LogP contribution >= 0.6 is 0 Å². The van der Waals surface area contributed by atoms with Gasteiger partial charge in [-0.1, -0.05) is 12.1 Å². The maximum absolute atomic E-state index is 14.9. The Bertz CT molecular complexity index is 1800. The van der Waals surface area contributed by atoms with Crippen LogP contribution < -0.4 is 4.90 Å². The molecule has 3 aromatic carbocycles. The number of hydrogen-bond donors (Lipinski definition) is 0. The van der Waals surface area contributed by atoms with Gasteiger partial charge in [0.15, 0.2) is 0 Å². The highest BCUT2D eigenvalue weighted by molar-refractivity contribution is 6.34. The van der Waals surface area contributed by atoms with Crippen molar-refractivity contribution >= 4 is 35.3 Å². The summed E-state index contributed by atoms with van der Waals surface area (Å²) in [4.78, 5) is 66.4. The van der Waals surface area contributed by atoms with E-state index in [-0.39, 0.29) is 57.3 Å². The number of carbonyl (C=O) groups excluding carboxylic acids is 5. The Hall–Kier alpha value is -4.84. The van der Waals surface area contributed by atoms with Crippen LogP contribution in [0.25, 0.3) is 0 Å². The second-order valence-electron chi connectivity index (χ2n) is 11.7. The normalized spacial score (nSPS) is 15.8. The van der Waals surface area contributed by atoms with Crippen LogP contribution in [0.5, 0.6) is 0 Å². The third kappa shape index (κ3) is 5.46. The SMILES string of the molecule is Cc1cc(C(=O)OCCCOC(C)C)cc(N2C(=O)c3ccc(C(C)(c4ccc5c(c4)C(=O)N(C)C5=O)C(F)(F)F)cc3C2=O)c1. The smallest absolute Gasteiger partial charge is 0.402 e. The third-order valence-electron chi connectivity index (χ3n) is 8.23. The summed E-state index contributed by atoms with van der Waals surface area (Å²) in [6.07, 6.45) is -4.41. The Balaban J connectivity index is 1.47. The minimum absolute atomic E-state index is 0.00677. The minimum Gasteiger partial charge on any atom is -0.462 e. The van der Waals surface area contributed by atoms with Crippen molar-refractivity contribution in [2.24, 2.45) is 0 Å². The lowest BCUT2D eigenvalue weighted by molar-refractivity contribution is -0.173. The lowest BCUT2D eigenvalue weighted by Crippen LogP contribution is -2.41. The van der Waals surface area contributed by atoms with E-state index in [1.807, 2.05) is 13.8 Å². The van der Waals surface area contributed by atoms with E-state index in [4.69, 9.17) is 9.47 Å². The summed E-state index contributed by atoms with van der Waals surface area (Å²) >= 11 is 0. The molecule has 2 aliphatic heterocycles. The van der Waals surface area contributed by atoms with Crippen LogP contribution in [0, 0.1) is 6.92 Å². The van der Waals surface area contributed by atoms with Gasteiger partial charge in [-0.15, -0.1) is 0 Å². The van der Waals surface area contributed by atoms with Crippen molar-refractivity contribution in [3.05, 3.63) is 99.1 Å². The van der Waals surface area contributed by atoms with Gasteiger partial charge in [-0.05, 0) is 86.8 Å². The highest BCUT2D eigenvalue weighted by atomic mass is 19.4. The number of carbonyl (C=O) groups is 5. The summed E-state index contributed by atoms with van der Waals surface area (Å²) in [7, 11) is 1.24. The molecule has 0 radical (unpaired) electrons. The van der Waals surface area contributed by atoms with E-state index < -0.39 is 41.2 Å². The van der Waals surface area contributed by atoms with Crippen LogP contribution in [-0.4, -0.2) is 67.0 Å². The van der Waals surface area contributed by atoms with Gasteiger partial charge < -0.3 is 9.47 Å². The fourth-order valence-corrected chi connectivity index (χ4v) is 5.59. The Labute approximate surface area is 262 Å². The maximum atomic E-state index is 14.9. The molecule has 12 heteroatoms. The number of esters is 1. The van der Waals surface area contributed by atoms with E-state index >= 15 is 0 Å². The van der Waals surface area contributed by atoms with E-state index in [9.17, 15) is 37.1 Å². The van der Waals surface area contributed by atoms with Crippen LogP contribution in [0.2, 0.25) is 0 Å². The highest BCUT2D eigenvalue weighted by Gasteiger charge is 2.55. The zero-order valence-corrected chi connectivity index (χ0v) is 25.8. The molecule has 0 bridgehead atoms. The summed E-state index contributed by atoms with van der Waals surface area (Å²) < 4.78 is 55.4. The van der Waals surface area contributed by atoms with E-state index in [0.29, 0.717) is 18.6 Å². The summed E-state index contributed by atoms with van der Waals surface area (Å²) in [6.45, 7) is 6.83. The molecule has 1 atom stereocenters. The molecule has 0 fully saturated rings. The van der Waals surface area contributed by atoms with Gasteiger partial charge in [0.2, 0.25) is 0 Å². The highest BCUT2D eigenvalue weighted by Crippen LogP contribution is 2.48. The fraction of sp³-hybridized carbons (Fsp3) is 0.324. The zero-order chi connectivity index (χ0) is 33.7. The largest absolute Gasteiger partial charge is 0.462 e. The molecule has 2 heterocycles. The number of ether oxygens (including phenoxy) is 2. The maximum Gasteiger partial charge on any atom is 0.402 e. The third-order valence-corrected chi connectivity index (χ3v) is 8.23. The number of imide groups is 2. The first kappa shape index (κ1) is 32.6. The molecule has 9 nitrogen and oxygen atoms in total. The first-order valence-corrected chi connectivity index (χ1v) is 14.5. The van der Waals surface area contributed by atoms with Gasteiger partial charge in [0.25, 0.3) is 23.6 Å². The van der Waals surface area contributed by atoms with Crippen LogP contribution in [0.15, 0.2) is 54.6 Å². The average Bonchev–Trinajstić information content (AvgIpc) is 3.38. The molecule has 0 spiro atoms. The molecule has 4 amide bonds. The first-order valence-electron chi connectivity index (χ1n) is 14.5. The van der Waals surface area contributed by atoms with Gasteiger partial charge in [0, 0.05) is 13.5 Å². The van der Waals surface area contributed by atoms with Crippen molar-refractivity contribution in [2.45, 2.75) is 51.8 Å². The molecule has 3 aromatic rings. The van der Waals surface area contributed by atoms with Crippen molar-refractivity contribution in [1.82, 2.24) is 4.90 Å². The molecule has 240 valence electrons. The van der Waals surface area contributed by atoms with Gasteiger partial charge in [0.05, 0.1) is 52.8 Å². The molecule has 0 N–H and O–H groups in total. The molecule has 0 aromatic heterocycles. The van der Waals surface area contributed by atoms with Gasteiger partial charge in [0.1, 0.15) is 5.41 Å². The molecular formula is C34H31F3N2O7. The Kier molecular flexibility index (Phi) is 8.37. The lowest BCUT2D eigenvalue weighted by atomic mass is 9.74. The number of aryl methyl sites for hydroxylation is 1. The van der Waals surface area contributed by atoms with Gasteiger partial charge in [-0.25, -0.2) is 9.69 Å². The van der Waals surface area contributed by atoms with E-state index in [0.717, 1.165) is 47.1 Å². The molecule has 0 aliphatic carbocycles. The predicted molar refractivity (Wildman–Crippen MR) is 160 cm³/mol. The molecule has 2 aliphatic rings. The van der Waals surface area contributed by atoms with Crippen LogP contribution in [-0.2, 0) is 14.9 Å². The fourth-order valence-electron chi connectivity index (χ4n) is 5.59. The molecule has 1 unspecified atom stereocenters. The topological polar surface area (TPSA) is 110 Å². The monoisotopic (exact) mass is 636 g/mol. The first-order chi connectivity index (χ1) is 21.6. The molecule has 0 saturated heterocycles. The number of anilines is 1. The predicted octanol–water partition coefficient (Wildman–Crippen LogP) is 5.86. The number of amides is 4. The number of halogens is 3. The number of hydrogen-bond acceptors (Lipinski definition) is 7. The van der Waals surface area contributed by atoms with Crippen molar-refractivity contribution in [2.75, 3.05) is 25.2 Å². The van der Waals surface area contributed by atoms with Crippen molar-refractivity contribution in [3.8, 4) is 0 Å². The van der Waals surface area contributed by atoms with Crippen molar-refractivity contribution < 1.29 is 46.6 Å². The molecule has 5 rings (SSSR count). The molecular weight excluding hydrogens is 605 g/mol. The minimum atomic E-state index is -4.91. The number of nitrogens with zero attached hydrogens (tertiary/aromatic N) is 2. The number of alkyl halides is 3. The summed E-state index contributed by atoms with van der Waals surface area (Å²) in [6, 6.07) is 11.0. The number of fused-ring (bicyclic) bond motifs is 2. The zero-order valence-electron chi connectivity index (χ0n) is 25.8. The van der Waals surface area contributed by atoms with Gasteiger partial charge in [-0.3, -0.25) is 24.1 Å².